The summed E-state index contributed by atoms with van der Waals surface area (Å²) in [6, 6.07) is 17.2. The zero-order valence-electron chi connectivity index (χ0n) is 16.0. The molecular weight excluding hydrogens is 390 g/mol. The molecule has 3 aromatic carbocycles. The Morgan fingerprint density at radius 3 is 2.52 bits per heavy atom. The Balaban J connectivity index is 1.69. The lowest BCUT2D eigenvalue weighted by Crippen LogP contribution is -2.36. The van der Waals surface area contributed by atoms with E-state index in [2.05, 4.69) is 10.5 Å². The number of amides is 1. The van der Waals surface area contributed by atoms with Crippen molar-refractivity contribution in [2.24, 2.45) is 5.10 Å². The third-order valence-corrected chi connectivity index (χ3v) is 6.24. The number of rotatable bonds is 6. The summed E-state index contributed by atoms with van der Waals surface area (Å²) in [7, 11) is -2.45. The van der Waals surface area contributed by atoms with Crippen LogP contribution < -0.4 is 5.43 Å². The van der Waals surface area contributed by atoms with Gasteiger partial charge >= 0.3 is 0 Å². The summed E-state index contributed by atoms with van der Waals surface area (Å²) in [4.78, 5) is 12.2. The SMILES string of the molecule is Cc1ccc(S(=O)(=O)N(C)CC(=O)N/N=C/c2c(O)ccc3ccccc23)cc1. The van der Waals surface area contributed by atoms with E-state index >= 15 is 0 Å². The number of phenolic OH excluding ortho intramolecular Hbond substituents is 1. The van der Waals surface area contributed by atoms with E-state index in [1.807, 2.05) is 31.2 Å². The normalized spacial score (nSPS) is 12.0. The minimum atomic E-state index is -3.78. The van der Waals surface area contributed by atoms with Crippen LogP contribution in [0.5, 0.6) is 5.75 Å². The topological polar surface area (TPSA) is 99.1 Å². The number of hydrogen-bond donors (Lipinski definition) is 2. The zero-order chi connectivity index (χ0) is 21.0. The van der Waals surface area contributed by atoms with Crippen LogP contribution >= 0.6 is 0 Å². The number of phenols is 1. The molecule has 29 heavy (non-hydrogen) atoms. The summed E-state index contributed by atoms with van der Waals surface area (Å²) in [5.74, 6) is -0.570. The molecule has 0 unspecified atom stereocenters. The van der Waals surface area contributed by atoms with Gasteiger partial charge in [0, 0.05) is 12.6 Å². The number of fused-ring (bicyclic) bond motifs is 1. The molecule has 0 saturated heterocycles. The van der Waals surface area contributed by atoms with Gasteiger partial charge in [-0.2, -0.15) is 9.41 Å². The summed E-state index contributed by atoms with van der Waals surface area (Å²) in [6.07, 6.45) is 1.34. The van der Waals surface area contributed by atoms with E-state index in [9.17, 15) is 18.3 Å². The fourth-order valence-corrected chi connectivity index (χ4v) is 3.93. The van der Waals surface area contributed by atoms with Crippen LogP contribution in [0.25, 0.3) is 10.8 Å². The van der Waals surface area contributed by atoms with E-state index < -0.39 is 22.5 Å². The van der Waals surface area contributed by atoms with Crippen molar-refractivity contribution in [2.45, 2.75) is 11.8 Å². The fourth-order valence-electron chi connectivity index (χ4n) is 2.80. The van der Waals surface area contributed by atoms with Crippen LogP contribution in [0, 0.1) is 6.92 Å². The van der Waals surface area contributed by atoms with Crippen molar-refractivity contribution in [3.63, 3.8) is 0 Å². The lowest BCUT2D eigenvalue weighted by atomic mass is 10.0. The molecule has 1 amide bonds. The first kappa shape index (κ1) is 20.5. The molecule has 0 aliphatic heterocycles. The molecular formula is C21H21N3O4S. The maximum atomic E-state index is 12.5. The molecule has 0 aliphatic rings. The van der Waals surface area contributed by atoms with Crippen LogP contribution in [0.4, 0.5) is 0 Å². The second-order valence-electron chi connectivity index (χ2n) is 6.59. The number of nitrogens with one attached hydrogen (secondary N) is 1. The number of carbonyl (C=O) groups is 1. The molecule has 0 aromatic heterocycles. The molecule has 0 heterocycles. The Hall–Kier alpha value is -3.23. The van der Waals surface area contributed by atoms with E-state index in [1.165, 1.54) is 25.4 Å². The summed E-state index contributed by atoms with van der Waals surface area (Å²) >= 11 is 0. The first-order valence-corrected chi connectivity index (χ1v) is 10.3. The predicted molar refractivity (Wildman–Crippen MR) is 112 cm³/mol. The Morgan fingerprint density at radius 1 is 1.10 bits per heavy atom. The highest BCUT2D eigenvalue weighted by Gasteiger charge is 2.22. The number of sulfonamides is 1. The highest BCUT2D eigenvalue weighted by atomic mass is 32.2. The van der Waals surface area contributed by atoms with E-state index in [4.69, 9.17) is 0 Å². The molecule has 0 bridgehead atoms. The lowest BCUT2D eigenvalue weighted by Gasteiger charge is -2.16. The molecule has 3 aromatic rings. The van der Waals surface area contributed by atoms with E-state index in [0.717, 1.165) is 20.6 Å². The molecule has 7 nitrogen and oxygen atoms in total. The smallest absolute Gasteiger partial charge is 0.255 e. The van der Waals surface area contributed by atoms with Crippen molar-refractivity contribution >= 4 is 32.9 Å². The van der Waals surface area contributed by atoms with Crippen molar-refractivity contribution in [2.75, 3.05) is 13.6 Å². The van der Waals surface area contributed by atoms with Crippen molar-refractivity contribution < 1.29 is 18.3 Å². The van der Waals surface area contributed by atoms with E-state index in [-0.39, 0.29) is 10.6 Å². The van der Waals surface area contributed by atoms with Gasteiger partial charge < -0.3 is 5.11 Å². The fraction of sp³-hybridized carbons (Fsp3) is 0.143. The number of aromatic hydroxyl groups is 1. The Kier molecular flexibility index (Phi) is 5.95. The highest BCUT2D eigenvalue weighted by molar-refractivity contribution is 7.89. The maximum Gasteiger partial charge on any atom is 0.255 e. The molecule has 0 fully saturated rings. The van der Waals surface area contributed by atoms with Gasteiger partial charge in [0.05, 0.1) is 17.7 Å². The van der Waals surface area contributed by atoms with Crippen molar-refractivity contribution in [3.05, 3.63) is 71.8 Å². The van der Waals surface area contributed by atoms with Gasteiger partial charge in [-0.1, -0.05) is 48.0 Å². The number of aryl methyl sites for hydroxylation is 1. The van der Waals surface area contributed by atoms with Crippen molar-refractivity contribution in [1.82, 2.24) is 9.73 Å². The quantitative estimate of drug-likeness (QED) is 0.481. The standard InChI is InChI=1S/C21H21N3O4S/c1-15-7-10-17(11-8-15)29(27,28)24(2)14-21(26)23-22-13-19-18-6-4-3-5-16(18)9-12-20(19)25/h3-13,25H,14H2,1-2H3,(H,23,26)/b22-13+. The number of carbonyl (C=O) groups excluding carboxylic acids is 1. The molecule has 8 heteroatoms. The second-order valence-corrected chi connectivity index (χ2v) is 8.63. The predicted octanol–water partition coefficient (Wildman–Crippen LogP) is 2.62. The van der Waals surface area contributed by atoms with Gasteiger partial charge in [-0.05, 0) is 35.9 Å². The van der Waals surface area contributed by atoms with Crippen LogP contribution in [0.2, 0.25) is 0 Å². The zero-order valence-corrected chi connectivity index (χ0v) is 16.8. The first-order chi connectivity index (χ1) is 13.8. The highest BCUT2D eigenvalue weighted by Crippen LogP contribution is 2.25. The van der Waals surface area contributed by atoms with Crippen LogP contribution in [0.1, 0.15) is 11.1 Å². The molecule has 0 saturated carbocycles. The minimum absolute atomic E-state index is 0.0285. The van der Waals surface area contributed by atoms with Gasteiger partial charge in [0.1, 0.15) is 5.75 Å². The van der Waals surface area contributed by atoms with Gasteiger partial charge in [0.2, 0.25) is 10.0 Å². The molecule has 0 spiro atoms. The summed E-state index contributed by atoms with van der Waals surface area (Å²) in [5, 5.41) is 15.6. The van der Waals surface area contributed by atoms with Gasteiger partial charge in [-0.3, -0.25) is 4.79 Å². The van der Waals surface area contributed by atoms with Crippen molar-refractivity contribution in [3.8, 4) is 5.75 Å². The van der Waals surface area contributed by atoms with E-state index in [0.29, 0.717) is 5.56 Å². The van der Waals surface area contributed by atoms with Crippen molar-refractivity contribution in [1.29, 1.82) is 0 Å². The van der Waals surface area contributed by atoms with E-state index in [1.54, 1.807) is 24.3 Å². The van der Waals surface area contributed by atoms with Gasteiger partial charge in [-0.15, -0.1) is 0 Å². The second kappa shape index (κ2) is 8.42. The third-order valence-electron chi connectivity index (χ3n) is 4.43. The Labute approximate surface area is 169 Å². The molecule has 2 N–H and O–H groups in total. The largest absolute Gasteiger partial charge is 0.507 e. The number of nitrogens with zero attached hydrogens (tertiary/aromatic N) is 2. The maximum absolute atomic E-state index is 12.5. The number of likely N-dealkylation sites (N-methyl/N-ethyl adjacent to an activating group) is 1. The first-order valence-electron chi connectivity index (χ1n) is 8.84. The average Bonchev–Trinajstić information content (AvgIpc) is 2.70. The van der Waals surface area contributed by atoms with Gasteiger partial charge in [0.15, 0.2) is 0 Å². The van der Waals surface area contributed by atoms with Gasteiger partial charge in [-0.25, -0.2) is 13.8 Å². The van der Waals surface area contributed by atoms with Crippen LogP contribution in [-0.4, -0.2) is 43.5 Å². The number of hydrogen-bond acceptors (Lipinski definition) is 5. The van der Waals surface area contributed by atoms with Crippen LogP contribution in [-0.2, 0) is 14.8 Å². The summed E-state index contributed by atoms with van der Waals surface area (Å²) in [5.41, 5.74) is 3.70. The molecule has 150 valence electrons. The molecule has 0 atom stereocenters. The number of hydrazone groups is 1. The lowest BCUT2D eigenvalue weighted by molar-refractivity contribution is -0.121. The monoisotopic (exact) mass is 411 g/mol. The molecule has 3 rings (SSSR count). The Bertz CT molecular complexity index is 1170. The number of benzene rings is 3. The average molecular weight is 411 g/mol. The summed E-state index contributed by atoms with van der Waals surface area (Å²) in [6.45, 7) is 1.47. The van der Waals surface area contributed by atoms with Crippen LogP contribution in [0.15, 0.2) is 70.7 Å². The third kappa shape index (κ3) is 4.61. The summed E-state index contributed by atoms with van der Waals surface area (Å²) < 4.78 is 26.0. The minimum Gasteiger partial charge on any atom is -0.507 e. The molecule has 0 aliphatic carbocycles. The van der Waals surface area contributed by atoms with Gasteiger partial charge in [0.25, 0.3) is 5.91 Å². The molecule has 0 radical (unpaired) electrons. The van der Waals surface area contributed by atoms with Crippen LogP contribution in [0.3, 0.4) is 0 Å². The Morgan fingerprint density at radius 2 is 1.79 bits per heavy atom.